The lowest BCUT2D eigenvalue weighted by atomic mass is 10.3. The Bertz CT molecular complexity index is 1150. The van der Waals surface area contributed by atoms with Gasteiger partial charge in [0.25, 0.3) is 5.56 Å². The van der Waals surface area contributed by atoms with Gasteiger partial charge in [0.1, 0.15) is 36.3 Å². The number of hydrogen-bond acceptors (Lipinski definition) is 6. The number of aryl methyl sites for hydroxylation is 1. The maximum absolute atomic E-state index is 11.9. The molecule has 4 aromatic rings. The Morgan fingerprint density at radius 2 is 1.72 bits per heavy atom. The monoisotopic (exact) mass is 392 g/mol. The molecule has 0 saturated carbocycles. The molecule has 0 unspecified atom stereocenters. The molecule has 2 aromatic heterocycles. The van der Waals surface area contributed by atoms with Crippen LogP contribution < -0.4 is 15.0 Å². The summed E-state index contributed by atoms with van der Waals surface area (Å²) in [5.74, 6) is 2.46. The Morgan fingerprint density at radius 1 is 1.03 bits per heavy atom. The summed E-state index contributed by atoms with van der Waals surface area (Å²) >= 11 is 0. The van der Waals surface area contributed by atoms with E-state index in [0.717, 1.165) is 5.75 Å². The highest BCUT2D eigenvalue weighted by Crippen LogP contribution is 2.23. The molecule has 0 aliphatic carbocycles. The van der Waals surface area contributed by atoms with Crippen molar-refractivity contribution >= 4 is 5.78 Å². The standard InChI is InChI=1S/C21H20N4O4/c1-15-11-20(27)25-21(22-14-23-25)24(15)12-16(26)13-28-17-7-9-19(10-8-17)29-18-5-3-2-4-6-18/h2-11,14,16,26H,12-13H2,1H3/t16-/m1/s1. The van der Waals surface area contributed by atoms with Crippen LogP contribution in [0, 0.1) is 6.92 Å². The SMILES string of the molecule is Cc1cc(=O)n2ncnc2n1C[C@@H](O)COc1ccc(Oc2ccccc2)cc1. The van der Waals surface area contributed by atoms with Gasteiger partial charge in [0.2, 0.25) is 5.78 Å². The number of fused-ring (bicyclic) bond motifs is 1. The van der Waals surface area contributed by atoms with Crippen LogP contribution in [-0.4, -0.2) is 37.0 Å². The summed E-state index contributed by atoms with van der Waals surface area (Å²) in [5.41, 5.74) is 0.437. The molecule has 0 fully saturated rings. The van der Waals surface area contributed by atoms with E-state index >= 15 is 0 Å². The first-order valence-corrected chi connectivity index (χ1v) is 9.14. The van der Waals surface area contributed by atoms with Gasteiger partial charge in [-0.2, -0.15) is 14.6 Å². The molecule has 0 bridgehead atoms. The Kier molecular flexibility index (Phi) is 5.26. The smallest absolute Gasteiger partial charge is 0.275 e. The van der Waals surface area contributed by atoms with E-state index in [0.29, 0.717) is 23.0 Å². The summed E-state index contributed by atoms with van der Waals surface area (Å²) in [7, 11) is 0. The third kappa shape index (κ3) is 4.27. The number of aliphatic hydroxyl groups excluding tert-OH is 1. The van der Waals surface area contributed by atoms with Crippen molar-refractivity contribution in [3.05, 3.63) is 83.0 Å². The van der Waals surface area contributed by atoms with Gasteiger partial charge in [-0.3, -0.25) is 4.79 Å². The molecule has 0 amide bonds. The normalized spacial score (nSPS) is 12.1. The van der Waals surface area contributed by atoms with Gasteiger partial charge in [0, 0.05) is 11.8 Å². The molecule has 0 spiro atoms. The van der Waals surface area contributed by atoms with Gasteiger partial charge in [-0.15, -0.1) is 0 Å². The molecular weight excluding hydrogens is 372 g/mol. The molecule has 148 valence electrons. The molecule has 1 atom stereocenters. The average Bonchev–Trinajstić information content (AvgIpc) is 3.22. The van der Waals surface area contributed by atoms with Gasteiger partial charge < -0.3 is 19.1 Å². The number of aliphatic hydroxyl groups is 1. The third-order valence-electron chi connectivity index (χ3n) is 4.38. The molecule has 4 rings (SSSR count). The Morgan fingerprint density at radius 3 is 2.48 bits per heavy atom. The second-order valence-corrected chi connectivity index (χ2v) is 6.56. The highest BCUT2D eigenvalue weighted by atomic mass is 16.5. The van der Waals surface area contributed by atoms with Crippen molar-refractivity contribution in [1.29, 1.82) is 0 Å². The van der Waals surface area contributed by atoms with Crippen LogP contribution in [0.5, 0.6) is 17.2 Å². The quantitative estimate of drug-likeness (QED) is 0.519. The molecule has 8 heteroatoms. The average molecular weight is 392 g/mol. The van der Waals surface area contributed by atoms with Crippen molar-refractivity contribution < 1.29 is 14.6 Å². The summed E-state index contributed by atoms with van der Waals surface area (Å²) in [6.07, 6.45) is 0.520. The van der Waals surface area contributed by atoms with E-state index in [1.54, 1.807) is 35.8 Å². The minimum Gasteiger partial charge on any atom is -0.491 e. The zero-order valence-electron chi connectivity index (χ0n) is 15.8. The van der Waals surface area contributed by atoms with Crippen LogP contribution in [0.25, 0.3) is 5.78 Å². The molecule has 8 nitrogen and oxygen atoms in total. The molecule has 2 heterocycles. The zero-order valence-corrected chi connectivity index (χ0v) is 15.8. The number of benzene rings is 2. The van der Waals surface area contributed by atoms with Gasteiger partial charge in [0.05, 0.1) is 6.54 Å². The first-order valence-electron chi connectivity index (χ1n) is 9.14. The molecular formula is C21H20N4O4. The van der Waals surface area contributed by atoms with Gasteiger partial charge in [-0.1, -0.05) is 18.2 Å². The first kappa shape index (κ1) is 18.7. The lowest BCUT2D eigenvalue weighted by Crippen LogP contribution is -2.28. The molecule has 1 N–H and O–H groups in total. The fraction of sp³-hybridized carbons (Fsp3) is 0.190. The lowest BCUT2D eigenvalue weighted by molar-refractivity contribution is 0.0924. The van der Waals surface area contributed by atoms with Crippen LogP contribution in [-0.2, 0) is 6.54 Å². The van der Waals surface area contributed by atoms with E-state index in [9.17, 15) is 9.90 Å². The number of hydrogen-bond donors (Lipinski definition) is 1. The largest absolute Gasteiger partial charge is 0.491 e. The second-order valence-electron chi connectivity index (χ2n) is 6.56. The van der Waals surface area contributed by atoms with E-state index in [1.807, 2.05) is 30.3 Å². The highest BCUT2D eigenvalue weighted by molar-refractivity contribution is 5.35. The van der Waals surface area contributed by atoms with Gasteiger partial charge >= 0.3 is 0 Å². The Labute approximate surface area is 166 Å². The molecule has 0 radical (unpaired) electrons. The molecule has 2 aromatic carbocycles. The third-order valence-corrected chi connectivity index (χ3v) is 4.38. The minimum absolute atomic E-state index is 0.0880. The maximum Gasteiger partial charge on any atom is 0.275 e. The highest BCUT2D eigenvalue weighted by Gasteiger charge is 2.13. The number of nitrogens with zero attached hydrogens (tertiary/aromatic N) is 4. The fourth-order valence-electron chi connectivity index (χ4n) is 2.96. The van der Waals surface area contributed by atoms with Crippen LogP contribution in [0.1, 0.15) is 5.69 Å². The zero-order chi connectivity index (χ0) is 20.2. The van der Waals surface area contributed by atoms with E-state index in [2.05, 4.69) is 10.1 Å². The predicted molar refractivity (Wildman–Crippen MR) is 106 cm³/mol. The first-order chi connectivity index (χ1) is 14.1. The van der Waals surface area contributed by atoms with Crippen molar-refractivity contribution in [2.24, 2.45) is 0 Å². The second kappa shape index (κ2) is 8.15. The van der Waals surface area contributed by atoms with Crippen molar-refractivity contribution in [2.75, 3.05) is 6.61 Å². The number of rotatable bonds is 7. The summed E-state index contributed by atoms with van der Waals surface area (Å²) in [6.45, 7) is 2.10. The van der Waals surface area contributed by atoms with E-state index in [-0.39, 0.29) is 18.7 Å². The summed E-state index contributed by atoms with van der Waals surface area (Å²) in [6, 6.07) is 18.1. The lowest BCUT2D eigenvalue weighted by Gasteiger charge is -2.17. The van der Waals surface area contributed by atoms with Crippen LogP contribution in [0.2, 0.25) is 0 Å². The molecule has 0 saturated heterocycles. The van der Waals surface area contributed by atoms with Gasteiger partial charge in [0.15, 0.2) is 0 Å². The Balaban J connectivity index is 1.37. The van der Waals surface area contributed by atoms with E-state index in [1.165, 1.54) is 16.9 Å². The summed E-state index contributed by atoms with van der Waals surface area (Å²) < 4.78 is 14.4. The van der Waals surface area contributed by atoms with Crippen LogP contribution >= 0.6 is 0 Å². The molecule has 0 aliphatic heterocycles. The number of aromatic nitrogens is 4. The predicted octanol–water partition coefficient (Wildman–Crippen LogP) is 2.43. The van der Waals surface area contributed by atoms with E-state index < -0.39 is 6.10 Å². The van der Waals surface area contributed by atoms with Gasteiger partial charge in [-0.05, 0) is 43.3 Å². The van der Waals surface area contributed by atoms with Crippen molar-refractivity contribution in [1.82, 2.24) is 19.2 Å². The van der Waals surface area contributed by atoms with Crippen LogP contribution in [0.15, 0.2) is 71.8 Å². The number of ether oxygens (including phenoxy) is 2. The van der Waals surface area contributed by atoms with Crippen LogP contribution in [0.3, 0.4) is 0 Å². The number of para-hydroxylation sites is 1. The maximum atomic E-state index is 11.9. The summed E-state index contributed by atoms with van der Waals surface area (Å²) in [5, 5.41) is 14.3. The topological polar surface area (TPSA) is 90.9 Å². The van der Waals surface area contributed by atoms with E-state index in [4.69, 9.17) is 9.47 Å². The van der Waals surface area contributed by atoms with Crippen molar-refractivity contribution in [3.8, 4) is 17.2 Å². The minimum atomic E-state index is -0.794. The van der Waals surface area contributed by atoms with Crippen LogP contribution in [0.4, 0.5) is 0 Å². The summed E-state index contributed by atoms with van der Waals surface area (Å²) in [4.78, 5) is 16.0. The van der Waals surface area contributed by atoms with Crippen molar-refractivity contribution in [2.45, 2.75) is 19.6 Å². The van der Waals surface area contributed by atoms with Crippen molar-refractivity contribution in [3.63, 3.8) is 0 Å². The fourth-order valence-corrected chi connectivity index (χ4v) is 2.96. The van der Waals surface area contributed by atoms with Gasteiger partial charge in [-0.25, -0.2) is 0 Å². The molecule has 29 heavy (non-hydrogen) atoms. The Hall–Kier alpha value is -3.65. The molecule has 0 aliphatic rings.